The molecule has 2 heterocycles. The minimum atomic E-state index is 0.0278. The Kier molecular flexibility index (Phi) is 4.58. The van der Waals surface area contributed by atoms with E-state index in [1.54, 1.807) is 11.1 Å². The number of benzene rings is 2. The number of imidazole rings is 1. The molecule has 8 rings (SSSR count). The summed E-state index contributed by atoms with van der Waals surface area (Å²) < 4.78 is 5.53. The van der Waals surface area contributed by atoms with E-state index in [9.17, 15) is 0 Å². The Morgan fingerprint density at radius 3 is 2.11 bits per heavy atom. The lowest BCUT2D eigenvalue weighted by atomic mass is 9.61. The van der Waals surface area contributed by atoms with Gasteiger partial charge in [0, 0.05) is 5.41 Å². The summed E-state index contributed by atoms with van der Waals surface area (Å²) in [6.07, 6.45) is 9.52. The van der Waals surface area contributed by atoms with Crippen LogP contribution in [0.2, 0.25) is 0 Å². The number of fused-ring (bicyclic) bond motifs is 5. The SMILES string of the molecule is CCC1(C)c2ccccc2-c2n(c3cc4c(cc3[n+]2C(C)C)C2CC3CC(CC4C3)C2)C1(C)CC. The highest BCUT2D eigenvalue weighted by Gasteiger charge is 2.56. The lowest BCUT2D eigenvalue weighted by Crippen LogP contribution is -2.53. The van der Waals surface area contributed by atoms with E-state index in [2.05, 4.69) is 87.1 Å². The molecular formula is C33H43N2+. The van der Waals surface area contributed by atoms with Gasteiger partial charge < -0.3 is 0 Å². The average molecular weight is 468 g/mol. The number of hydrogen-bond acceptors (Lipinski definition) is 0. The summed E-state index contributed by atoms with van der Waals surface area (Å²) in [5, 5.41) is 0. The Bertz CT molecular complexity index is 1330. The van der Waals surface area contributed by atoms with E-state index in [0.717, 1.165) is 36.5 Å². The van der Waals surface area contributed by atoms with Crippen LogP contribution in [0.4, 0.5) is 0 Å². The van der Waals surface area contributed by atoms with Gasteiger partial charge in [-0.15, -0.1) is 0 Å². The lowest BCUT2D eigenvalue weighted by Gasteiger charge is -2.48. The van der Waals surface area contributed by atoms with Crippen molar-refractivity contribution in [2.45, 2.75) is 115 Å². The van der Waals surface area contributed by atoms with Crippen molar-refractivity contribution in [3.05, 3.63) is 53.1 Å². The molecule has 184 valence electrons. The van der Waals surface area contributed by atoms with Crippen molar-refractivity contribution in [2.75, 3.05) is 0 Å². The molecule has 0 radical (unpaired) electrons. The maximum atomic E-state index is 2.82. The minimum Gasteiger partial charge on any atom is -0.221 e. The van der Waals surface area contributed by atoms with Crippen LogP contribution in [0.3, 0.4) is 0 Å². The van der Waals surface area contributed by atoms with E-state index < -0.39 is 0 Å². The van der Waals surface area contributed by atoms with Crippen LogP contribution in [0.25, 0.3) is 22.4 Å². The first kappa shape index (κ1) is 22.1. The zero-order valence-corrected chi connectivity index (χ0v) is 22.7. The van der Waals surface area contributed by atoms with Gasteiger partial charge in [-0.2, -0.15) is 0 Å². The smallest absolute Gasteiger partial charge is 0.221 e. The van der Waals surface area contributed by atoms with Gasteiger partial charge >= 0.3 is 0 Å². The maximum absolute atomic E-state index is 2.82. The fourth-order valence-electron chi connectivity index (χ4n) is 9.47. The molecule has 2 heteroatoms. The summed E-state index contributed by atoms with van der Waals surface area (Å²) in [4.78, 5) is 0. The number of rotatable bonds is 3. The Labute approximate surface area is 211 Å². The normalized spacial score (nSPS) is 34.7. The summed E-state index contributed by atoms with van der Waals surface area (Å²) in [5.41, 5.74) is 9.51. The maximum Gasteiger partial charge on any atom is 0.290 e. The molecule has 2 saturated carbocycles. The highest BCUT2D eigenvalue weighted by Crippen LogP contribution is 2.58. The molecule has 4 atom stereocenters. The highest BCUT2D eigenvalue weighted by atomic mass is 15.2. The molecule has 2 aromatic carbocycles. The predicted molar refractivity (Wildman–Crippen MR) is 145 cm³/mol. The van der Waals surface area contributed by atoms with Gasteiger partial charge in [-0.05, 0) is 124 Å². The Balaban J connectivity index is 1.62. The molecule has 0 spiro atoms. The van der Waals surface area contributed by atoms with Crippen molar-refractivity contribution < 1.29 is 4.57 Å². The first-order valence-corrected chi connectivity index (χ1v) is 14.5. The second kappa shape index (κ2) is 7.24. The summed E-state index contributed by atoms with van der Waals surface area (Å²) in [5.74, 6) is 4.94. The van der Waals surface area contributed by atoms with Crippen LogP contribution >= 0.6 is 0 Å². The third-order valence-corrected chi connectivity index (χ3v) is 11.5. The monoisotopic (exact) mass is 467 g/mol. The number of hydrogen-bond donors (Lipinski definition) is 0. The zero-order chi connectivity index (χ0) is 24.3. The highest BCUT2D eigenvalue weighted by molar-refractivity contribution is 5.81. The number of aromatic nitrogens is 2. The van der Waals surface area contributed by atoms with Crippen LogP contribution in [-0.4, -0.2) is 4.57 Å². The Morgan fingerprint density at radius 2 is 1.51 bits per heavy atom. The Hall–Kier alpha value is -2.09. The second-order valence-electron chi connectivity index (χ2n) is 13.3. The van der Waals surface area contributed by atoms with Gasteiger partial charge in [0.15, 0.2) is 11.0 Å². The summed E-state index contributed by atoms with van der Waals surface area (Å²) >= 11 is 0. The molecule has 1 aromatic heterocycles. The van der Waals surface area contributed by atoms with Crippen molar-refractivity contribution in [1.82, 2.24) is 4.57 Å². The van der Waals surface area contributed by atoms with Crippen LogP contribution in [0.1, 0.15) is 121 Å². The van der Waals surface area contributed by atoms with Crippen molar-refractivity contribution in [2.24, 2.45) is 11.8 Å². The fourth-order valence-corrected chi connectivity index (χ4v) is 9.47. The second-order valence-corrected chi connectivity index (χ2v) is 13.3. The molecule has 4 unspecified atom stereocenters. The van der Waals surface area contributed by atoms with Gasteiger partial charge in [-0.3, -0.25) is 0 Å². The van der Waals surface area contributed by atoms with Crippen molar-refractivity contribution in [1.29, 1.82) is 0 Å². The largest absolute Gasteiger partial charge is 0.290 e. The fraction of sp³-hybridized carbons (Fsp3) is 0.606. The predicted octanol–water partition coefficient (Wildman–Crippen LogP) is 8.37. The molecule has 3 aromatic rings. The van der Waals surface area contributed by atoms with Crippen molar-refractivity contribution in [3.8, 4) is 11.4 Å². The van der Waals surface area contributed by atoms with E-state index in [4.69, 9.17) is 0 Å². The van der Waals surface area contributed by atoms with Crippen LogP contribution in [-0.2, 0) is 11.0 Å². The first-order chi connectivity index (χ1) is 16.8. The molecule has 0 saturated heterocycles. The Morgan fingerprint density at radius 1 is 0.886 bits per heavy atom. The van der Waals surface area contributed by atoms with Crippen LogP contribution in [0.5, 0.6) is 0 Å². The molecule has 4 bridgehead atoms. The quantitative estimate of drug-likeness (QED) is 0.342. The van der Waals surface area contributed by atoms with E-state index >= 15 is 0 Å². The van der Waals surface area contributed by atoms with Gasteiger partial charge in [-0.1, -0.05) is 39.0 Å². The van der Waals surface area contributed by atoms with Gasteiger partial charge in [0.05, 0.1) is 11.6 Å². The third kappa shape index (κ3) is 2.64. The average Bonchev–Trinajstić information content (AvgIpc) is 3.12. The standard InChI is InChI=1S/C33H43N2/c1-7-32(5)28-12-10-9-11-25(28)31-34(20(3)4)29-18-26-23-14-21-13-22(15-23)17-24(16-21)27(26)19-30(29)35(31)33(32,6)8-2/h9-12,18-24H,7-8,13-17H2,1-6H3/q+1. The summed E-state index contributed by atoms with van der Waals surface area (Å²) in [6.45, 7) is 14.7. The molecule has 2 fully saturated rings. The molecule has 35 heavy (non-hydrogen) atoms. The summed E-state index contributed by atoms with van der Waals surface area (Å²) in [7, 11) is 0. The summed E-state index contributed by atoms with van der Waals surface area (Å²) in [6, 6.07) is 15.1. The van der Waals surface area contributed by atoms with E-state index in [0.29, 0.717) is 6.04 Å². The molecular weight excluding hydrogens is 424 g/mol. The third-order valence-electron chi connectivity index (χ3n) is 11.5. The topological polar surface area (TPSA) is 8.81 Å². The van der Waals surface area contributed by atoms with Crippen LogP contribution in [0.15, 0.2) is 36.4 Å². The van der Waals surface area contributed by atoms with Crippen LogP contribution in [0, 0.1) is 11.8 Å². The molecule has 4 aliphatic carbocycles. The molecule has 5 aliphatic rings. The number of nitrogens with zero attached hydrogens (tertiary/aromatic N) is 2. The first-order valence-electron chi connectivity index (χ1n) is 14.5. The zero-order valence-electron chi connectivity index (χ0n) is 22.7. The van der Waals surface area contributed by atoms with E-state index in [1.165, 1.54) is 60.1 Å². The minimum absolute atomic E-state index is 0.0278. The molecule has 1 aliphatic heterocycles. The van der Waals surface area contributed by atoms with Gasteiger partial charge in [0.2, 0.25) is 0 Å². The van der Waals surface area contributed by atoms with Crippen molar-refractivity contribution >= 4 is 11.0 Å². The van der Waals surface area contributed by atoms with Gasteiger partial charge in [-0.25, -0.2) is 9.13 Å². The van der Waals surface area contributed by atoms with Gasteiger partial charge in [0.25, 0.3) is 5.82 Å². The van der Waals surface area contributed by atoms with Gasteiger partial charge in [0.1, 0.15) is 5.54 Å². The van der Waals surface area contributed by atoms with Crippen LogP contribution < -0.4 is 4.57 Å². The van der Waals surface area contributed by atoms with E-state index in [-0.39, 0.29) is 11.0 Å². The van der Waals surface area contributed by atoms with Crippen molar-refractivity contribution in [3.63, 3.8) is 0 Å². The molecule has 2 nitrogen and oxygen atoms in total. The molecule has 0 amide bonds. The lowest BCUT2D eigenvalue weighted by molar-refractivity contribution is -0.681. The molecule has 0 N–H and O–H groups in total. The van der Waals surface area contributed by atoms with E-state index in [1.807, 2.05) is 0 Å².